The lowest BCUT2D eigenvalue weighted by atomic mass is 10.1. The van der Waals surface area contributed by atoms with Crippen molar-refractivity contribution >= 4 is 6.29 Å². The number of carbonyl (C=O) groups excluding carboxylic acids is 1. The first-order valence-electron chi connectivity index (χ1n) is 4.34. The molecule has 0 amide bonds. The maximum atomic E-state index is 10.5. The number of ether oxygens (including phenoxy) is 1. The molecule has 0 spiro atoms. The third kappa shape index (κ3) is 5.17. The van der Waals surface area contributed by atoms with Crippen molar-refractivity contribution in [2.75, 3.05) is 13.7 Å². The van der Waals surface area contributed by atoms with E-state index < -0.39 is 31.2 Å². The molecule has 0 rings (SSSR count). The van der Waals surface area contributed by atoms with E-state index in [1.165, 1.54) is 14.0 Å². The van der Waals surface area contributed by atoms with Crippen molar-refractivity contribution in [1.29, 1.82) is 0 Å². The van der Waals surface area contributed by atoms with Gasteiger partial charge in [-0.15, -0.1) is 0 Å². The number of hydrogen-bond acceptors (Lipinski definition) is 7. The molecule has 0 aliphatic rings. The smallest absolute Gasteiger partial charge is 0.188 e. The van der Waals surface area contributed by atoms with Gasteiger partial charge in [-0.2, -0.15) is 0 Å². The van der Waals surface area contributed by atoms with Crippen LogP contribution in [0, 0.1) is 0 Å². The maximum Gasteiger partial charge on any atom is 0.188 e. The van der Waals surface area contributed by atoms with Gasteiger partial charge in [0.25, 0.3) is 0 Å². The van der Waals surface area contributed by atoms with E-state index in [9.17, 15) is 9.90 Å². The van der Waals surface area contributed by atoms with Crippen LogP contribution in [0.2, 0.25) is 0 Å². The van der Waals surface area contributed by atoms with Gasteiger partial charge in [0.1, 0.15) is 12.2 Å². The molecule has 0 radical (unpaired) electrons. The first kappa shape index (κ1) is 14.4. The molecule has 0 bridgehead atoms. The maximum absolute atomic E-state index is 10.5. The summed E-state index contributed by atoms with van der Waals surface area (Å²) in [7, 11) is 1.36. The number of aldehydes is 1. The van der Waals surface area contributed by atoms with E-state index >= 15 is 0 Å². The molecule has 0 aliphatic heterocycles. The Morgan fingerprint density at radius 2 is 1.93 bits per heavy atom. The molecule has 0 saturated carbocycles. The van der Waals surface area contributed by atoms with Crippen molar-refractivity contribution in [2.45, 2.75) is 31.5 Å². The highest BCUT2D eigenvalue weighted by atomic mass is 17.2. The summed E-state index contributed by atoms with van der Waals surface area (Å²) in [4.78, 5) is 19.5. The number of carbonyl (C=O) groups is 1. The van der Waals surface area contributed by atoms with Crippen molar-refractivity contribution in [3.05, 3.63) is 0 Å². The Labute approximate surface area is 87.1 Å². The summed E-state index contributed by atoms with van der Waals surface area (Å²) in [5.41, 5.74) is 0. The standard InChI is InChI=1S/C8H16O7/c1-5(13-2)14-15-7(4-10)8(12)6(11)3-9/h4-9,11-12H,3H2,1-2H3. The molecule has 3 N–H and O–H groups in total. The van der Waals surface area contributed by atoms with E-state index in [-0.39, 0.29) is 6.29 Å². The zero-order valence-corrected chi connectivity index (χ0v) is 8.57. The highest BCUT2D eigenvalue weighted by Gasteiger charge is 2.27. The highest BCUT2D eigenvalue weighted by molar-refractivity contribution is 5.57. The number of aliphatic hydroxyl groups excluding tert-OH is 3. The zero-order chi connectivity index (χ0) is 11.8. The van der Waals surface area contributed by atoms with Gasteiger partial charge in [-0.05, 0) is 6.92 Å². The summed E-state index contributed by atoms with van der Waals surface area (Å²) < 4.78 is 4.65. The van der Waals surface area contributed by atoms with Crippen LogP contribution in [-0.4, -0.2) is 59.9 Å². The lowest BCUT2D eigenvalue weighted by molar-refractivity contribution is -0.392. The van der Waals surface area contributed by atoms with Crippen LogP contribution in [0.3, 0.4) is 0 Å². The predicted octanol–water partition coefficient (Wildman–Crippen LogP) is -1.79. The fraction of sp³-hybridized carbons (Fsp3) is 0.875. The summed E-state index contributed by atoms with van der Waals surface area (Å²) >= 11 is 0. The van der Waals surface area contributed by atoms with E-state index in [0.29, 0.717) is 0 Å². The second-order valence-corrected chi connectivity index (χ2v) is 2.84. The van der Waals surface area contributed by atoms with Gasteiger partial charge < -0.3 is 24.9 Å². The molecule has 0 aliphatic carbocycles. The molecule has 0 aromatic heterocycles. The van der Waals surface area contributed by atoms with E-state index in [0.717, 1.165) is 0 Å². The minimum atomic E-state index is -1.56. The molecule has 90 valence electrons. The third-order valence-electron chi connectivity index (χ3n) is 1.69. The molecule has 4 unspecified atom stereocenters. The second kappa shape index (κ2) is 7.69. The minimum absolute atomic E-state index is 0.256. The topological polar surface area (TPSA) is 105 Å². The van der Waals surface area contributed by atoms with Crippen molar-refractivity contribution < 1.29 is 34.6 Å². The Hall–Kier alpha value is -0.570. The second-order valence-electron chi connectivity index (χ2n) is 2.84. The first-order chi connectivity index (χ1) is 7.06. The van der Waals surface area contributed by atoms with Crippen molar-refractivity contribution in [3.63, 3.8) is 0 Å². The van der Waals surface area contributed by atoms with E-state index in [4.69, 9.17) is 10.2 Å². The van der Waals surface area contributed by atoms with Gasteiger partial charge in [0, 0.05) is 7.11 Å². The molecule has 0 saturated heterocycles. The summed E-state index contributed by atoms with van der Waals surface area (Å²) in [6, 6.07) is 0. The van der Waals surface area contributed by atoms with Gasteiger partial charge in [0.15, 0.2) is 18.7 Å². The average molecular weight is 224 g/mol. The van der Waals surface area contributed by atoms with Crippen LogP contribution in [0.15, 0.2) is 0 Å². The minimum Gasteiger partial charge on any atom is -0.394 e. The summed E-state index contributed by atoms with van der Waals surface area (Å²) in [5, 5.41) is 26.8. The fourth-order valence-corrected chi connectivity index (χ4v) is 0.669. The van der Waals surface area contributed by atoms with Gasteiger partial charge in [-0.3, -0.25) is 0 Å². The monoisotopic (exact) mass is 224 g/mol. The Morgan fingerprint density at radius 3 is 2.33 bits per heavy atom. The van der Waals surface area contributed by atoms with E-state index in [2.05, 4.69) is 14.5 Å². The quantitative estimate of drug-likeness (QED) is 0.193. The molecule has 0 aromatic rings. The highest BCUT2D eigenvalue weighted by Crippen LogP contribution is 2.05. The van der Waals surface area contributed by atoms with Crippen LogP contribution in [0.25, 0.3) is 0 Å². The van der Waals surface area contributed by atoms with E-state index in [1.54, 1.807) is 0 Å². The van der Waals surface area contributed by atoms with Crippen LogP contribution >= 0.6 is 0 Å². The lowest BCUT2D eigenvalue weighted by Gasteiger charge is -2.21. The molecule has 0 fully saturated rings. The van der Waals surface area contributed by atoms with Gasteiger partial charge in [0.05, 0.1) is 6.61 Å². The van der Waals surface area contributed by atoms with Crippen molar-refractivity contribution in [3.8, 4) is 0 Å². The Balaban J connectivity index is 4.06. The van der Waals surface area contributed by atoms with Crippen LogP contribution < -0.4 is 0 Å². The van der Waals surface area contributed by atoms with Gasteiger partial charge >= 0.3 is 0 Å². The molecule has 7 nitrogen and oxygen atoms in total. The number of methoxy groups -OCH3 is 1. The van der Waals surface area contributed by atoms with Gasteiger partial charge in [-0.1, -0.05) is 0 Å². The molecular formula is C8H16O7. The molecule has 0 heterocycles. The summed E-state index contributed by atoms with van der Waals surface area (Å²) in [5.74, 6) is 0. The van der Waals surface area contributed by atoms with E-state index in [1.807, 2.05) is 0 Å². The van der Waals surface area contributed by atoms with Crippen LogP contribution in [0.5, 0.6) is 0 Å². The van der Waals surface area contributed by atoms with Gasteiger partial charge in [-0.25, -0.2) is 9.78 Å². The Kier molecular flexibility index (Phi) is 7.39. The zero-order valence-electron chi connectivity index (χ0n) is 8.57. The van der Waals surface area contributed by atoms with Crippen LogP contribution in [0.1, 0.15) is 6.92 Å². The average Bonchev–Trinajstić information content (AvgIpc) is 2.27. The van der Waals surface area contributed by atoms with Gasteiger partial charge in [0.2, 0.25) is 0 Å². The normalized spacial score (nSPS) is 19.3. The molecular weight excluding hydrogens is 208 g/mol. The molecule has 15 heavy (non-hydrogen) atoms. The summed E-state index contributed by atoms with van der Waals surface area (Å²) in [6.07, 6.45) is -4.87. The largest absolute Gasteiger partial charge is 0.394 e. The van der Waals surface area contributed by atoms with Crippen molar-refractivity contribution in [2.24, 2.45) is 0 Å². The summed E-state index contributed by atoms with van der Waals surface area (Å²) in [6.45, 7) is 0.825. The molecule has 7 heteroatoms. The van der Waals surface area contributed by atoms with Crippen molar-refractivity contribution in [1.82, 2.24) is 0 Å². The first-order valence-corrected chi connectivity index (χ1v) is 4.34. The predicted molar refractivity (Wildman–Crippen MR) is 47.6 cm³/mol. The Morgan fingerprint density at radius 1 is 1.33 bits per heavy atom. The number of aliphatic hydroxyl groups is 3. The SMILES string of the molecule is COC(C)OOC(C=O)C(O)C(O)CO. The number of hydrogen-bond donors (Lipinski definition) is 3. The molecule has 4 atom stereocenters. The third-order valence-corrected chi connectivity index (χ3v) is 1.69. The molecule has 0 aromatic carbocycles. The van der Waals surface area contributed by atoms with Crippen LogP contribution in [0.4, 0.5) is 0 Å². The van der Waals surface area contributed by atoms with Crippen LogP contribution in [-0.2, 0) is 19.3 Å². The number of rotatable bonds is 8. The fourth-order valence-electron chi connectivity index (χ4n) is 0.669. The Bertz CT molecular complexity index is 174. The lowest BCUT2D eigenvalue weighted by Crippen LogP contribution is -2.42.